The molecule has 1 heterocycles. The topological polar surface area (TPSA) is 64.6 Å². The second kappa shape index (κ2) is 12.5. The Kier molecular flexibility index (Phi) is 9.93. The van der Waals surface area contributed by atoms with Gasteiger partial charge in [0.1, 0.15) is 6.10 Å². The van der Waals surface area contributed by atoms with E-state index in [9.17, 15) is 0 Å². The van der Waals surface area contributed by atoms with Crippen LogP contribution in [0.2, 0.25) is 0 Å². The number of rotatable bonds is 11. The molecule has 1 N–H and O–H groups in total. The fourth-order valence-electron chi connectivity index (χ4n) is 3.16. The number of ether oxygens (including phenoxy) is 4. The van der Waals surface area contributed by atoms with Gasteiger partial charge < -0.3 is 29.2 Å². The van der Waals surface area contributed by atoms with Gasteiger partial charge in [-0.25, -0.2) is 4.99 Å². The third kappa shape index (κ3) is 7.20. The van der Waals surface area contributed by atoms with Gasteiger partial charge >= 0.3 is 0 Å². The van der Waals surface area contributed by atoms with Gasteiger partial charge in [0.2, 0.25) is 0 Å². The third-order valence-electron chi connectivity index (χ3n) is 4.60. The molecule has 1 aliphatic heterocycles. The summed E-state index contributed by atoms with van der Waals surface area (Å²) < 4.78 is 22.1. The van der Waals surface area contributed by atoms with Crippen molar-refractivity contribution in [3.63, 3.8) is 0 Å². The van der Waals surface area contributed by atoms with Gasteiger partial charge in [0.15, 0.2) is 17.5 Å². The van der Waals surface area contributed by atoms with E-state index in [0.717, 1.165) is 50.1 Å². The lowest BCUT2D eigenvalue weighted by atomic mass is 10.1. The van der Waals surface area contributed by atoms with E-state index in [1.807, 2.05) is 31.2 Å². The number of aliphatic imine (C=N–C) groups is 1. The molecule has 28 heavy (non-hydrogen) atoms. The predicted molar refractivity (Wildman–Crippen MR) is 111 cm³/mol. The normalized spacial score (nSPS) is 18.2. The monoisotopic (exact) mass is 393 g/mol. The second-order valence-electron chi connectivity index (χ2n) is 6.94. The highest BCUT2D eigenvalue weighted by Gasteiger charge is 2.25. The van der Waals surface area contributed by atoms with E-state index in [4.69, 9.17) is 23.9 Å². The first kappa shape index (κ1) is 22.3. The minimum Gasteiger partial charge on any atom is -0.493 e. The van der Waals surface area contributed by atoms with E-state index < -0.39 is 0 Å². The molecule has 2 unspecified atom stereocenters. The largest absolute Gasteiger partial charge is 0.493 e. The van der Waals surface area contributed by atoms with Crippen LogP contribution in [0.4, 0.5) is 0 Å². The highest BCUT2D eigenvalue weighted by atomic mass is 16.5. The Morgan fingerprint density at radius 3 is 2.75 bits per heavy atom. The van der Waals surface area contributed by atoms with Crippen LogP contribution >= 0.6 is 0 Å². The van der Waals surface area contributed by atoms with Crippen molar-refractivity contribution in [2.75, 3.05) is 60.2 Å². The molecule has 7 heteroatoms. The Hall–Kier alpha value is -1.99. The van der Waals surface area contributed by atoms with Gasteiger partial charge in [0.25, 0.3) is 0 Å². The number of guanidine groups is 1. The lowest BCUT2D eigenvalue weighted by molar-refractivity contribution is 0.0536. The van der Waals surface area contributed by atoms with E-state index in [2.05, 4.69) is 17.1 Å². The zero-order chi connectivity index (χ0) is 20.2. The molecule has 0 saturated carbocycles. The van der Waals surface area contributed by atoms with Crippen LogP contribution in [-0.4, -0.2) is 77.2 Å². The SMILES string of the molecule is CCNC(=NCC(C)Oc1ccccc1OC)N1CCC(COCCOC)C1. The first-order chi connectivity index (χ1) is 13.7. The van der Waals surface area contributed by atoms with Gasteiger partial charge in [0.05, 0.1) is 33.5 Å². The Labute approximate surface area is 169 Å². The number of methoxy groups -OCH3 is 2. The van der Waals surface area contributed by atoms with E-state index in [-0.39, 0.29) is 6.10 Å². The summed E-state index contributed by atoms with van der Waals surface area (Å²) in [6.07, 6.45) is 1.06. The first-order valence-corrected chi connectivity index (χ1v) is 10.1. The first-order valence-electron chi connectivity index (χ1n) is 10.1. The minimum absolute atomic E-state index is 0.0549. The summed E-state index contributed by atoms with van der Waals surface area (Å²) >= 11 is 0. The van der Waals surface area contributed by atoms with Crippen molar-refractivity contribution in [1.82, 2.24) is 10.2 Å². The Bertz CT molecular complexity index is 597. The molecular weight excluding hydrogens is 358 g/mol. The van der Waals surface area contributed by atoms with Crippen LogP contribution in [0.25, 0.3) is 0 Å². The van der Waals surface area contributed by atoms with Gasteiger partial charge in [-0.3, -0.25) is 0 Å². The molecule has 2 rings (SSSR count). The van der Waals surface area contributed by atoms with Crippen LogP contribution in [0.5, 0.6) is 11.5 Å². The summed E-state index contributed by atoms with van der Waals surface area (Å²) in [5.74, 6) is 2.95. The third-order valence-corrected chi connectivity index (χ3v) is 4.60. The number of benzene rings is 1. The Morgan fingerprint density at radius 2 is 2.04 bits per heavy atom. The number of hydrogen-bond donors (Lipinski definition) is 1. The molecule has 0 aromatic heterocycles. The summed E-state index contributed by atoms with van der Waals surface area (Å²) in [6, 6.07) is 7.69. The average molecular weight is 394 g/mol. The highest BCUT2D eigenvalue weighted by molar-refractivity contribution is 5.80. The standard InChI is InChI=1S/C21H35N3O4/c1-5-22-21(24-11-10-18(15-24)16-27-13-12-25-3)23-14-17(2)28-20-9-7-6-8-19(20)26-4/h6-9,17-18H,5,10-16H2,1-4H3,(H,22,23). The summed E-state index contributed by atoms with van der Waals surface area (Å²) in [5, 5.41) is 3.40. The summed E-state index contributed by atoms with van der Waals surface area (Å²) in [5.41, 5.74) is 0. The summed E-state index contributed by atoms with van der Waals surface area (Å²) in [6.45, 7) is 9.54. The van der Waals surface area contributed by atoms with Crippen LogP contribution in [0.3, 0.4) is 0 Å². The van der Waals surface area contributed by atoms with E-state index in [1.165, 1.54) is 0 Å². The van der Waals surface area contributed by atoms with Crippen LogP contribution in [0.15, 0.2) is 29.3 Å². The quantitative estimate of drug-likeness (QED) is 0.354. The molecule has 0 radical (unpaired) electrons. The van der Waals surface area contributed by atoms with Crippen LogP contribution < -0.4 is 14.8 Å². The molecule has 1 aromatic rings. The van der Waals surface area contributed by atoms with Crippen molar-refractivity contribution in [2.45, 2.75) is 26.4 Å². The maximum absolute atomic E-state index is 6.01. The Balaban J connectivity index is 1.86. The lowest BCUT2D eigenvalue weighted by Crippen LogP contribution is -2.41. The van der Waals surface area contributed by atoms with E-state index >= 15 is 0 Å². The van der Waals surface area contributed by atoms with Crippen molar-refractivity contribution < 1.29 is 18.9 Å². The molecule has 0 amide bonds. The molecule has 1 saturated heterocycles. The molecule has 0 spiro atoms. The summed E-state index contributed by atoms with van der Waals surface area (Å²) in [4.78, 5) is 7.11. The maximum atomic E-state index is 6.01. The van der Waals surface area contributed by atoms with Gasteiger partial charge in [0, 0.05) is 32.7 Å². The molecule has 2 atom stereocenters. The van der Waals surface area contributed by atoms with Gasteiger partial charge in [-0.2, -0.15) is 0 Å². The predicted octanol–water partition coefficient (Wildman–Crippen LogP) is 2.41. The number of para-hydroxylation sites is 2. The summed E-state index contributed by atoms with van der Waals surface area (Å²) in [7, 11) is 3.34. The van der Waals surface area contributed by atoms with Crippen LogP contribution in [0.1, 0.15) is 20.3 Å². The maximum Gasteiger partial charge on any atom is 0.194 e. The molecule has 0 aliphatic carbocycles. The molecule has 1 fully saturated rings. The van der Waals surface area contributed by atoms with Gasteiger partial charge in [-0.15, -0.1) is 0 Å². The number of nitrogens with one attached hydrogen (secondary N) is 1. The number of likely N-dealkylation sites (tertiary alicyclic amines) is 1. The van der Waals surface area contributed by atoms with Crippen molar-refractivity contribution >= 4 is 5.96 Å². The van der Waals surface area contributed by atoms with Crippen LogP contribution in [0, 0.1) is 5.92 Å². The molecule has 158 valence electrons. The minimum atomic E-state index is -0.0549. The average Bonchev–Trinajstić information content (AvgIpc) is 3.17. The molecule has 7 nitrogen and oxygen atoms in total. The van der Waals surface area contributed by atoms with Crippen LogP contribution in [-0.2, 0) is 9.47 Å². The fraction of sp³-hybridized carbons (Fsp3) is 0.667. The number of hydrogen-bond acceptors (Lipinski definition) is 5. The number of nitrogens with zero attached hydrogens (tertiary/aromatic N) is 2. The highest BCUT2D eigenvalue weighted by Crippen LogP contribution is 2.26. The van der Waals surface area contributed by atoms with E-state index in [1.54, 1.807) is 14.2 Å². The van der Waals surface area contributed by atoms with Crippen molar-refractivity contribution in [3.05, 3.63) is 24.3 Å². The smallest absolute Gasteiger partial charge is 0.194 e. The van der Waals surface area contributed by atoms with Crippen molar-refractivity contribution in [2.24, 2.45) is 10.9 Å². The van der Waals surface area contributed by atoms with E-state index in [0.29, 0.717) is 25.7 Å². The second-order valence-corrected chi connectivity index (χ2v) is 6.94. The molecular formula is C21H35N3O4. The molecule has 0 bridgehead atoms. The zero-order valence-electron chi connectivity index (χ0n) is 17.6. The van der Waals surface area contributed by atoms with Crippen molar-refractivity contribution in [3.8, 4) is 11.5 Å². The van der Waals surface area contributed by atoms with Gasteiger partial charge in [-0.1, -0.05) is 12.1 Å². The molecule has 1 aromatic carbocycles. The molecule has 1 aliphatic rings. The lowest BCUT2D eigenvalue weighted by Gasteiger charge is -2.22. The Morgan fingerprint density at radius 1 is 1.25 bits per heavy atom. The van der Waals surface area contributed by atoms with Gasteiger partial charge in [-0.05, 0) is 32.4 Å². The van der Waals surface area contributed by atoms with Crippen molar-refractivity contribution in [1.29, 1.82) is 0 Å². The fourth-order valence-corrected chi connectivity index (χ4v) is 3.16. The zero-order valence-corrected chi connectivity index (χ0v) is 17.6.